The van der Waals surface area contributed by atoms with Crippen molar-refractivity contribution in [3.8, 4) is 34.5 Å². The van der Waals surface area contributed by atoms with Gasteiger partial charge in [-0.05, 0) is 152 Å². The van der Waals surface area contributed by atoms with Crippen molar-refractivity contribution >= 4 is 218 Å². The average Bonchev–Trinajstić information content (AvgIpc) is 0.831. The Balaban J connectivity index is 0.000000649. The van der Waals surface area contributed by atoms with Crippen molar-refractivity contribution in [3.05, 3.63) is 323 Å². The summed E-state index contributed by atoms with van der Waals surface area (Å²) in [5, 5.41) is 61.9. The van der Waals surface area contributed by atoms with Gasteiger partial charge in [0, 0.05) is 88.5 Å². The number of hydrogen-bond donors (Lipinski definition) is 6. The van der Waals surface area contributed by atoms with Crippen LogP contribution in [0.1, 0.15) is 55.6 Å². The average molecular weight is 2150 g/mol. The minimum absolute atomic E-state index is 0.125. The molecule has 0 heterocycles. The van der Waals surface area contributed by atoms with E-state index in [-0.39, 0.29) is 58.7 Å². The zero-order valence-corrected chi connectivity index (χ0v) is 84.3. The van der Waals surface area contributed by atoms with Crippen molar-refractivity contribution in [1.82, 2.24) is 0 Å². The van der Waals surface area contributed by atoms with Gasteiger partial charge in [0.25, 0.3) is 0 Å². The van der Waals surface area contributed by atoms with Crippen LogP contribution in [0.25, 0.3) is 21.5 Å². The summed E-state index contributed by atoms with van der Waals surface area (Å²) in [6, 6.07) is 83.8. The van der Waals surface area contributed by atoms with Gasteiger partial charge in [-0.15, -0.1) is 0 Å². The Morgan fingerprint density at radius 1 is 0.312 bits per heavy atom. The SMILES string of the molecule is CN=Cc1ccccc1O.C[SiH](C)N=Cc1ccccc1O.Cc1ccc(C)c(N=Cc2ccccc2O)c1.Cc1ccc(N=Cc2ccccc2O)cc1.Cc1cccc(C=Nc2cccc3ccccc23)c1O.Oc1ccccc1C=Nc1cccc2ccccc12.[Br][Ti][Br].[Br][Ti][Br].[Cl][Ti][Cl].[Cl][Ti][Cl].[Cl][Ti][Cl].[Cl][Ti][Cl]. The normalized spacial score (nSPS) is 10.0. The first-order chi connectivity index (χ1) is 54.0. The van der Waals surface area contributed by atoms with Gasteiger partial charge in [0.05, 0.1) is 22.7 Å². The van der Waals surface area contributed by atoms with E-state index in [1.54, 1.807) is 105 Å². The molecule has 0 saturated carbocycles. The molecule has 12 aromatic carbocycles. The van der Waals surface area contributed by atoms with E-state index in [1.165, 1.54) is 11.1 Å². The molecule has 0 spiro atoms. The third-order valence-electron chi connectivity index (χ3n) is 14.0. The number of phenolic OH excluding ortho intramolecular Hbond substituents is 6. The molecule has 6 N–H and O–H groups in total. The first-order valence-corrected chi connectivity index (χ1v) is 68.2. The van der Waals surface area contributed by atoms with E-state index in [0.717, 1.165) is 88.8 Å². The topological polar surface area (TPSA) is 196 Å². The van der Waals surface area contributed by atoms with Crippen molar-refractivity contribution in [2.75, 3.05) is 7.05 Å². The Morgan fingerprint density at radius 2 is 0.607 bits per heavy atom. The van der Waals surface area contributed by atoms with Crippen LogP contribution < -0.4 is 0 Å². The van der Waals surface area contributed by atoms with Gasteiger partial charge in [0.15, 0.2) is 8.96 Å². The van der Waals surface area contributed by atoms with Crippen LogP contribution in [0.4, 0.5) is 22.7 Å². The van der Waals surface area contributed by atoms with Crippen LogP contribution in [-0.2, 0) is 98.1 Å². The van der Waals surface area contributed by atoms with Crippen LogP contribution >= 0.6 is 127 Å². The Hall–Kier alpha value is -3.28. The van der Waals surface area contributed by atoms with E-state index < -0.39 is 77.1 Å². The van der Waals surface area contributed by atoms with Crippen LogP contribution in [0.5, 0.6) is 34.5 Å². The number of nitrogens with zero attached hydrogens (tertiary/aromatic N) is 6. The molecule has 0 fully saturated rings. The number of aromatic hydroxyl groups is 6. The number of fused-ring (bicyclic) bond motifs is 2. The van der Waals surface area contributed by atoms with Crippen LogP contribution in [-0.4, -0.2) is 83.9 Å². The minimum atomic E-state index is -0.903. The summed E-state index contributed by atoms with van der Waals surface area (Å²) in [7, 11) is 39.9. The summed E-state index contributed by atoms with van der Waals surface area (Å²) in [5.74, 6) is 1.60. The quantitative estimate of drug-likeness (QED) is 0.0550. The maximum atomic E-state index is 10.00. The number of halogens is 12. The van der Waals surface area contributed by atoms with Crippen LogP contribution in [0.2, 0.25) is 13.1 Å². The molecule has 31 heteroatoms. The van der Waals surface area contributed by atoms with Crippen molar-refractivity contribution in [3.63, 3.8) is 0 Å². The molecule has 0 saturated heterocycles. The number of rotatable bonds is 11. The van der Waals surface area contributed by atoms with E-state index in [0.29, 0.717) is 5.75 Å². The molecule has 12 nitrogen and oxygen atoms in total. The molecule has 0 aliphatic carbocycles. The van der Waals surface area contributed by atoms with Crippen molar-refractivity contribution in [1.29, 1.82) is 0 Å². The van der Waals surface area contributed by atoms with E-state index in [1.807, 2.05) is 198 Å². The number of para-hydroxylation sites is 6. The van der Waals surface area contributed by atoms with Crippen molar-refractivity contribution < 1.29 is 129 Å². The Labute approximate surface area is 769 Å². The predicted molar refractivity (Wildman–Crippen MR) is 480 cm³/mol. The summed E-state index contributed by atoms with van der Waals surface area (Å²) >= 11 is 10.8. The number of aliphatic imine (C=N–C) groups is 5. The molecule has 0 radical (unpaired) electrons. The third kappa shape index (κ3) is 47.3. The standard InChI is InChI=1S/C18H15NO.C17H13NO.C15H15NO.C14H13NO.C9H13NOSi.C8H9NO.4BrH.8ClH.6Ti/c1-13-6-4-9-15(18(13)20)12-19-17-11-5-8-14-7-2-3-10-16(14)17;19-17-11-4-2-7-14(17)12-18-16-10-5-8-13-6-1-3-9-15(13)16;1-11-7-8-12(2)14(9-11)16-10-13-5-3-4-6-15(13)17;1-11-6-8-13(9-7-11)15-10-12-4-2-3-5-14(12)16;1-12(2)10-7-8-5-3-4-6-9(8)11;1-9-6-7-4-2-3-5-8(7)10;;;;;;;;;;;;;;;;;;/h2-12,20H,1H3;1-12,19H;3-10,17H,1-2H3;2-10,16H,1H3;3-7,11-12H,1-2H3;2-6,10H,1H3;12*1H;;;;;;/q;;;;;;;;;;;;;;;;;;6*+2/p-12. The zero-order valence-electron chi connectivity index (χ0n) is 61.3. The molecule has 12 rings (SSSR count). The summed E-state index contributed by atoms with van der Waals surface area (Å²) in [5.41, 5.74) is 12.5. The van der Waals surface area contributed by atoms with Crippen LogP contribution in [0.3, 0.4) is 0 Å². The van der Waals surface area contributed by atoms with E-state index in [9.17, 15) is 25.5 Å². The molecule has 0 unspecified atom stereocenters. The summed E-state index contributed by atoms with van der Waals surface area (Å²) in [6.07, 6.45) is 10.1. The molecule has 12 aromatic rings. The Bertz CT molecular complexity index is 4770. The van der Waals surface area contributed by atoms with Gasteiger partial charge >= 0.3 is 225 Å². The monoisotopic (exact) mass is 2140 g/mol. The van der Waals surface area contributed by atoms with Crippen LogP contribution in [0.15, 0.2) is 297 Å². The first kappa shape index (κ1) is 107. The van der Waals surface area contributed by atoms with Gasteiger partial charge in [-0.2, -0.15) is 0 Å². The second-order valence-electron chi connectivity index (χ2n) is 22.1. The fraction of sp³-hybridized carbons (Fsp3) is 0.0864. The van der Waals surface area contributed by atoms with Gasteiger partial charge in [-0.1, -0.05) is 189 Å². The van der Waals surface area contributed by atoms with Crippen molar-refractivity contribution in [2.45, 2.75) is 40.8 Å². The summed E-state index contributed by atoms with van der Waals surface area (Å²) in [6.45, 7) is 12.3. The third-order valence-corrected chi connectivity index (χ3v) is 14.8. The van der Waals surface area contributed by atoms with Gasteiger partial charge in [-0.25, -0.2) is 0 Å². The zero-order chi connectivity index (χ0) is 83.3. The number of benzene rings is 12. The molecular weight excluding hydrogens is 2070 g/mol. The second-order valence-corrected chi connectivity index (χ2v) is 50.7. The number of hydrogen-bond acceptors (Lipinski definition) is 12. The molecule has 0 amide bonds. The Morgan fingerprint density at radius 3 is 0.982 bits per heavy atom. The molecule has 580 valence electrons. The van der Waals surface area contributed by atoms with Gasteiger partial charge in [-0.3, -0.25) is 25.0 Å². The maximum absolute atomic E-state index is 10.00. The van der Waals surface area contributed by atoms with E-state index >= 15 is 0 Å². The number of phenols is 6. The Kier molecular flexibility index (Phi) is 65.4. The summed E-state index contributed by atoms with van der Waals surface area (Å²) < 4.78 is 4.31. The van der Waals surface area contributed by atoms with Crippen LogP contribution in [0, 0.1) is 27.7 Å². The molecule has 0 aliphatic rings. The van der Waals surface area contributed by atoms with E-state index in [4.69, 9.17) is 79.5 Å². The van der Waals surface area contributed by atoms with Crippen molar-refractivity contribution in [2.24, 2.45) is 29.6 Å². The molecule has 0 atom stereocenters. The van der Waals surface area contributed by atoms with Gasteiger partial charge in [0.2, 0.25) is 0 Å². The van der Waals surface area contributed by atoms with Gasteiger partial charge in [0.1, 0.15) is 34.5 Å². The first-order valence-electron chi connectivity index (χ1n) is 32.7. The predicted octanol–water partition coefficient (Wildman–Crippen LogP) is 28.2. The fourth-order valence-corrected chi connectivity index (χ4v) is 9.29. The number of aryl methyl sites for hydroxylation is 4. The fourth-order valence-electron chi connectivity index (χ4n) is 8.83. The molecule has 0 aliphatic heterocycles. The molecular formula is C81H78Br4Cl8N6O6SiTi6. The molecule has 112 heavy (non-hydrogen) atoms. The van der Waals surface area contributed by atoms with E-state index in [2.05, 4.69) is 132 Å². The second kappa shape index (κ2) is 68.6. The molecule has 0 aromatic heterocycles. The summed E-state index contributed by atoms with van der Waals surface area (Å²) in [4.78, 5) is 21.5. The molecule has 0 bridgehead atoms. The van der Waals surface area contributed by atoms with Gasteiger partial charge < -0.3 is 35.3 Å².